The van der Waals surface area contributed by atoms with Crippen molar-refractivity contribution in [2.24, 2.45) is 0 Å². The molecule has 0 fully saturated rings. The minimum Gasteiger partial charge on any atom is -0.488 e. The van der Waals surface area contributed by atoms with Crippen LogP contribution in [0.2, 0.25) is 0 Å². The largest absolute Gasteiger partial charge is 0.488 e. The third-order valence-electron chi connectivity index (χ3n) is 4.97. The molecule has 0 aliphatic rings. The van der Waals surface area contributed by atoms with E-state index in [4.69, 9.17) is 4.74 Å². The smallest absolute Gasteiger partial charge is 0.266 e. The van der Waals surface area contributed by atoms with Gasteiger partial charge in [0.25, 0.3) is 5.91 Å². The quantitative estimate of drug-likeness (QED) is 0.327. The van der Waals surface area contributed by atoms with Gasteiger partial charge in [0.1, 0.15) is 24.0 Å². The van der Waals surface area contributed by atoms with Crippen LogP contribution < -0.4 is 10.1 Å². The van der Waals surface area contributed by atoms with E-state index in [2.05, 4.69) is 27.3 Å². The van der Waals surface area contributed by atoms with E-state index in [-0.39, 0.29) is 5.57 Å². The molecule has 4 nitrogen and oxygen atoms in total. The lowest BCUT2D eigenvalue weighted by atomic mass is 10.1. The third-order valence-corrected chi connectivity index (χ3v) is 5.46. The Morgan fingerprint density at radius 1 is 1.10 bits per heavy atom. The summed E-state index contributed by atoms with van der Waals surface area (Å²) in [5.74, 6) is 0.137. The number of amides is 1. The predicted octanol–water partition coefficient (Wildman–Crippen LogP) is 6.50. The van der Waals surface area contributed by atoms with E-state index < -0.39 is 5.91 Å². The van der Waals surface area contributed by atoms with Crippen LogP contribution in [0, 0.1) is 32.1 Å². The lowest BCUT2D eigenvalue weighted by Crippen LogP contribution is -2.14. The van der Waals surface area contributed by atoms with Crippen LogP contribution in [0.1, 0.15) is 27.8 Å². The lowest BCUT2D eigenvalue weighted by Gasteiger charge is -2.12. The standard InChI is InChI=1S/C26H23BrN2O2/c1-17-6-4-8-20(12-17)16-31-25-11-10-23(27)14-21(25)13-22(15-28)26(30)29-24-9-5-7-18(2)19(24)3/h4-14H,16H2,1-3H3,(H,29,30)/b22-13+. The Balaban J connectivity index is 1.85. The average Bonchev–Trinajstić information content (AvgIpc) is 2.74. The fourth-order valence-electron chi connectivity index (χ4n) is 3.11. The molecule has 0 spiro atoms. The second kappa shape index (κ2) is 10.1. The Hall–Kier alpha value is -3.36. The maximum Gasteiger partial charge on any atom is 0.266 e. The molecule has 0 radical (unpaired) electrons. The zero-order valence-corrected chi connectivity index (χ0v) is 19.3. The lowest BCUT2D eigenvalue weighted by molar-refractivity contribution is -0.112. The maximum atomic E-state index is 12.8. The molecule has 5 heteroatoms. The zero-order valence-electron chi connectivity index (χ0n) is 17.7. The maximum absolute atomic E-state index is 12.8. The van der Waals surface area contributed by atoms with Crippen LogP contribution in [0.3, 0.4) is 0 Å². The van der Waals surface area contributed by atoms with Gasteiger partial charge in [-0.25, -0.2) is 0 Å². The first-order valence-electron chi connectivity index (χ1n) is 9.84. The first kappa shape index (κ1) is 22.3. The SMILES string of the molecule is Cc1cccc(COc2ccc(Br)cc2/C=C(\C#N)C(=O)Nc2cccc(C)c2C)c1. The predicted molar refractivity (Wildman–Crippen MR) is 128 cm³/mol. The first-order valence-corrected chi connectivity index (χ1v) is 10.6. The number of carbonyl (C=O) groups is 1. The average molecular weight is 475 g/mol. The van der Waals surface area contributed by atoms with Gasteiger partial charge < -0.3 is 10.1 Å². The Morgan fingerprint density at radius 3 is 2.61 bits per heavy atom. The summed E-state index contributed by atoms with van der Waals surface area (Å²) in [6.45, 7) is 6.34. The molecule has 0 aliphatic carbocycles. The van der Waals surface area contributed by atoms with Crippen LogP contribution in [-0.2, 0) is 11.4 Å². The van der Waals surface area contributed by atoms with Crippen molar-refractivity contribution in [3.8, 4) is 11.8 Å². The molecule has 0 heterocycles. The van der Waals surface area contributed by atoms with Gasteiger partial charge in [-0.2, -0.15) is 5.26 Å². The van der Waals surface area contributed by atoms with Crippen LogP contribution in [0.5, 0.6) is 5.75 Å². The number of halogens is 1. The van der Waals surface area contributed by atoms with Crippen molar-refractivity contribution in [1.82, 2.24) is 0 Å². The van der Waals surface area contributed by atoms with E-state index in [1.165, 1.54) is 0 Å². The molecule has 3 aromatic rings. The molecular formula is C26H23BrN2O2. The van der Waals surface area contributed by atoms with Crippen LogP contribution in [0.15, 0.2) is 70.7 Å². The number of carbonyl (C=O) groups excluding carboxylic acids is 1. The molecule has 1 N–H and O–H groups in total. The van der Waals surface area contributed by atoms with E-state index in [1.54, 1.807) is 6.08 Å². The normalized spacial score (nSPS) is 11.0. The van der Waals surface area contributed by atoms with Crippen LogP contribution in [0.4, 0.5) is 5.69 Å². The molecule has 31 heavy (non-hydrogen) atoms. The molecule has 0 atom stereocenters. The monoisotopic (exact) mass is 474 g/mol. The molecule has 156 valence electrons. The first-order chi connectivity index (χ1) is 14.9. The van der Waals surface area contributed by atoms with Crippen molar-refractivity contribution in [2.45, 2.75) is 27.4 Å². The van der Waals surface area contributed by atoms with Crippen molar-refractivity contribution >= 4 is 33.6 Å². The number of hydrogen-bond acceptors (Lipinski definition) is 3. The summed E-state index contributed by atoms with van der Waals surface area (Å²) >= 11 is 3.45. The van der Waals surface area contributed by atoms with Crippen molar-refractivity contribution < 1.29 is 9.53 Å². The van der Waals surface area contributed by atoms with Crippen molar-refractivity contribution in [2.75, 3.05) is 5.32 Å². The van der Waals surface area contributed by atoms with Gasteiger partial charge >= 0.3 is 0 Å². The van der Waals surface area contributed by atoms with Crippen molar-refractivity contribution in [3.63, 3.8) is 0 Å². The molecule has 3 rings (SSSR count). The van der Waals surface area contributed by atoms with E-state index in [0.717, 1.165) is 26.7 Å². The highest BCUT2D eigenvalue weighted by Gasteiger charge is 2.13. The van der Waals surface area contributed by atoms with Crippen LogP contribution in [0.25, 0.3) is 6.08 Å². The van der Waals surface area contributed by atoms with E-state index in [1.807, 2.05) is 81.4 Å². The number of nitriles is 1. The van der Waals surface area contributed by atoms with Gasteiger partial charge in [-0.3, -0.25) is 4.79 Å². The number of nitrogens with one attached hydrogen (secondary N) is 1. The minimum atomic E-state index is -0.458. The number of rotatable bonds is 6. The second-order valence-electron chi connectivity index (χ2n) is 7.33. The van der Waals surface area contributed by atoms with Crippen molar-refractivity contribution in [3.05, 3.63) is 98.5 Å². The summed E-state index contributed by atoms with van der Waals surface area (Å²) in [6, 6.07) is 21.3. The van der Waals surface area contributed by atoms with Gasteiger partial charge in [-0.05, 0) is 67.8 Å². The molecule has 1 amide bonds. The van der Waals surface area contributed by atoms with E-state index in [0.29, 0.717) is 23.6 Å². The number of nitrogens with zero attached hydrogens (tertiary/aromatic N) is 1. The molecule has 0 saturated heterocycles. The molecule has 0 bridgehead atoms. The molecule has 0 unspecified atom stereocenters. The van der Waals surface area contributed by atoms with Gasteiger partial charge in [0.15, 0.2) is 0 Å². The highest BCUT2D eigenvalue weighted by atomic mass is 79.9. The highest BCUT2D eigenvalue weighted by molar-refractivity contribution is 9.10. The topological polar surface area (TPSA) is 62.1 Å². The molecular weight excluding hydrogens is 452 g/mol. The van der Waals surface area contributed by atoms with Crippen molar-refractivity contribution in [1.29, 1.82) is 5.26 Å². The number of hydrogen-bond donors (Lipinski definition) is 1. The summed E-state index contributed by atoms with van der Waals surface area (Å²) in [4.78, 5) is 12.8. The van der Waals surface area contributed by atoms with Gasteiger partial charge in [-0.15, -0.1) is 0 Å². The fraction of sp³-hybridized carbons (Fsp3) is 0.154. The van der Waals surface area contributed by atoms with Crippen LogP contribution >= 0.6 is 15.9 Å². The van der Waals surface area contributed by atoms with E-state index >= 15 is 0 Å². The van der Waals surface area contributed by atoms with Gasteiger partial charge in [-0.1, -0.05) is 57.9 Å². The summed E-state index contributed by atoms with van der Waals surface area (Å²) in [6.07, 6.45) is 1.55. The van der Waals surface area contributed by atoms with Gasteiger partial charge in [0, 0.05) is 15.7 Å². The Bertz CT molecular complexity index is 1190. The molecule has 0 saturated carbocycles. The summed E-state index contributed by atoms with van der Waals surface area (Å²) < 4.78 is 6.83. The summed E-state index contributed by atoms with van der Waals surface area (Å²) in [7, 11) is 0. The number of benzene rings is 3. The summed E-state index contributed by atoms with van der Waals surface area (Å²) in [5, 5.41) is 12.5. The third kappa shape index (κ3) is 5.84. The van der Waals surface area contributed by atoms with E-state index in [9.17, 15) is 10.1 Å². The number of anilines is 1. The Labute approximate surface area is 191 Å². The van der Waals surface area contributed by atoms with Crippen LogP contribution in [-0.4, -0.2) is 5.91 Å². The minimum absolute atomic E-state index is 0.000545. The fourth-order valence-corrected chi connectivity index (χ4v) is 3.49. The number of ether oxygens (including phenoxy) is 1. The zero-order chi connectivity index (χ0) is 22.4. The summed E-state index contributed by atoms with van der Waals surface area (Å²) in [5.41, 5.74) is 5.58. The van der Waals surface area contributed by atoms with Gasteiger partial charge in [0.2, 0.25) is 0 Å². The Morgan fingerprint density at radius 2 is 1.87 bits per heavy atom. The Kier molecular flexibility index (Phi) is 7.28. The highest BCUT2D eigenvalue weighted by Crippen LogP contribution is 2.27. The number of aryl methyl sites for hydroxylation is 2. The molecule has 0 aromatic heterocycles. The molecule has 3 aromatic carbocycles. The van der Waals surface area contributed by atoms with Gasteiger partial charge in [0.05, 0.1) is 0 Å². The second-order valence-corrected chi connectivity index (χ2v) is 8.25. The molecule has 0 aliphatic heterocycles.